The molecule has 2 aromatic carbocycles. The van der Waals surface area contributed by atoms with Crippen LogP contribution in [-0.4, -0.2) is 13.7 Å². The first-order valence-corrected chi connectivity index (χ1v) is 7.02. The number of fused-ring (bicyclic) bond motifs is 1. The summed E-state index contributed by atoms with van der Waals surface area (Å²) in [6.45, 7) is 0.883. The van der Waals surface area contributed by atoms with Crippen LogP contribution in [0.5, 0.6) is 5.75 Å². The Morgan fingerprint density at radius 2 is 1.89 bits per heavy atom. The largest absolute Gasteiger partial charge is 0.497 e. The minimum atomic E-state index is 0.883. The van der Waals surface area contributed by atoms with Gasteiger partial charge in [-0.2, -0.15) is 0 Å². The number of para-hydroxylation sites is 1. The van der Waals surface area contributed by atoms with Crippen molar-refractivity contribution in [1.29, 1.82) is 0 Å². The molecule has 1 aliphatic heterocycles. The number of anilines is 1. The normalized spacial score (nSPS) is 15.7. The second-order valence-corrected chi connectivity index (χ2v) is 5.50. The predicted octanol–water partition coefficient (Wildman–Crippen LogP) is 4.25. The Morgan fingerprint density at radius 3 is 2.68 bits per heavy atom. The van der Waals surface area contributed by atoms with Crippen LogP contribution in [0, 0.1) is 0 Å². The van der Waals surface area contributed by atoms with Gasteiger partial charge in [0.1, 0.15) is 5.75 Å². The van der Waals surface area contributed by atoms with Gasteiger partial charge in [0.2, 0.25) is 0 Å². The van der Waals surface area contributed by atoms with Crippen molar-refractivity contribution in [2.75, 3.05) is 19.0 Å². The zero-order valence-corrected chi connectivity index (χ0v) is 11.5. The molecule has 2 aromatic rings. The molecule has 0 aliphatic carbocycles. The minimum Gasteiger partial charge on any atom is -0.497 e. The van der Waals surface area contributed by atoms with E-state index in [2.05, 4.69) is 47.8 Å². The number of methoxy groups -OCH3 is 1. The van der Waals surface area contributed by atoms with Gasteiger partial charge >= 0.3 is 0 Å². The Kier molecular flexibility index (Phi) is 3.47. The summed E-state index contributed by atoms with van der Waals surface area (Å²) in [7, 11) is 1.69. The maximum atomic E-state index is 5.17. The molecule has 0 bridgehead atoms. The average Bonchev–Trinajstić information content (AvgIpc) is 2.48. The van der Waals surface area contributed by atoms with Crippen molar-refractivity contribution in [1.82, 2.24) is 0 Å². The molecule has 0 saturated carbocycles. The lowest BCUT2D eigenvalue weighted by molar-refractivity contribution is 0.415. The number of hydrogen-bond donors (Lipinski definition) is 1. The van der Waals surface area contributed by atoms with E-state index in [0.29, 0.717) is 0 Å². The Balaban J connectivity index is 1.81. The molecule has 0 fully saturated rings. The summed E-state index contributed by atoms with van der Waals surface area (Å²) in [4.78, 5) is 2.61. The molecule has 1 aliphatic rings. The fraction of sp³-hybridized carbons (Fsp3) is 0.125. The van der Waals surface area contributed by atoms with Crippen LogP contribution >= 0.6 is 11.8 Å². The highest BCUT2D eigenvalue weighted by atomic mass is 32.2. The summed E-state index contributed by atoms with van der Waals surface area (Å²) in [5.41, 5.74) is 2.42. The maximum absolute atomic E-state index is 5.17. The fourth-order valence-electron chi connectivity index (χ4n) is 2.03. The first kappa shape index (κ1) is 12.2. The molecule has 0 unspecified atom stereocenters. The first-order chi connectivity index (χ1) is 9.35. The summed E-state index contributed by atoms with van der Waals surface area (Å²) in [6.07, 6.45) is 2.22. The molecule has 3 rings (SSSR count). The lowest BCUT2D eigenvalue weighted by Gasteiger charge is -2.19. The molecule has 96 valence electrons. The maximum Gasteiger partial charge on any atom is 0.118 e. The molecule has 19 heavy (non-hydrogen) atoms. The van der Waals surface area contributed by atoms with Crippen molar-refractivity contribution >= 4 is 23.5 Å². The van der Waals surface area contributed by atoms with Crippen molar-refractivity contribution in [2.24, 2.45) is 0 Å². The second kappa shape index (κ2) is 5.41. The highest BCUT2D eigenvalue weighted by molar-refractivity contribution is 8.03. The van der Waals surface area contributed by atoms with Crippen LogP contribution in [0.25, 0.3) is 6.08 Å². The third-order valence-corrected chi connectivity index (χ3v) is 4.12. The van der Waals surface area contributed by atoms with E-state index in [-0.39, 0.29) is 0 Å². The summed E-state index contributed by atoms with van der Waals surface area (Å²) in [6, 6.07) is 16.5. The molecule has 0 amide bonds. The molecule has 1 heterocycles. The highest BCUT2D eigenvalue weighted by Crippen LogP contribution is 2.37. The van der Waals surface area contributed by atoms with Gasteiger partial charge in [0, 0.05) is 22.0 Å². The Labute approximate surface area is 117 Å². The number of benzene rings is 2. The van der Waals surface area contributed by atoms with Crippen molar-refractivity contribution in [3.63, 3.8) is 0 Å². The van der Waals surface area contributed by atoms with Gasteiger partial charge in [-0.3, -0.25) is 0 Å². The van der Waals surface area contributed by atoms with Crippen LogP contribution in [-0.2, 0) is 0 Å². The topological polar surface area (TPSA) is 21.3 Å². The highest BCUT2D eigenvalue weighted by Gasteiger charge is 2.11. The van der Waals surface area contributed by atoms with Crippen molar-refractivity contribution in [3.05, 3.63) is 59.0 Å². The molecule has 0 atom stereocenters. The van der Waals surface area contributed by atoms with Gasteiger partial charge in [0.25, 0.3) is 0 Å². The lowest BCUT2D eigenvalue weighted by atomic mass is 10.2. The van der Waals surface area contributed by atoms with E-state index in [0.717, 1.165) is 12.3 Å². The lowest BCUT2D eigenvalue weighted by Crippen LogP contribution is -2.08. The average molecular weight is 269 g/mol. The van der Waals surface area contributed by atoms with Crippen LogP contribution in [0.4, 0.5) is 5.69 Å². The summed E-state index contributed by atoms with van der Waals surface area (Å²) < 4.78 is 5.17. The van der Waals surface area contributed by atoms with E-state index >= 15 is 0 Å². The number of rotatable bonds is 2. The SMILES string of the molecule is COc1ccc(/C=C2\CNc3ccccc3S2)cc1. The summed E-state index contributed by atoms with van der Waals surface area (Å²) in [5, 5.41) is 3.44. The van der Waals surface area contributed by atoms with E-state index in [1.165, 1.54) is 21.1 Å². The van der Waals surface area contributed by atoms with Crippen molar-refractivity contribution in [3.8, 4) is 5.75 Å². The molecular weight excluding hydrogens is 254 g/mol. The first-order valence-electron chi connectivity index (χ1n) is 6.20. The molecule has 0 spiro atoms. The fourth-order valence-corrected chi connectivity index (χ4v) is 3.05. The number of ether oxygens (including phenoxy) is 1. The molecule has 0 aromatic heterocycles. The molecular formula is C16H15NOS. The smallest absolute Gasteiger partial charge is 0.118 e. The molecule has 0 saturated heterocycles. The number of thioether (sulfide) groups is 1. The third-order valence-electron chi connectivity index (χ3n) is 3.02. The van der Waals surface area contributed by atoms with Gasteiger partial charge in [-0.25, -0.2) is 0 Å². The monoisotopic (exact) mass is 269 g/mol. The van der Waals surface area contributed by atoms with Gasteiger partial charge in [0.15, 0.2) is 0 Å². The van der Waals surface area contributed by atoms with Crippen LogP contribution < -0.4 is 10.1 Å². The summed E-state index contributed by atoms with van der Waals surface area (Å²) >= 11 is 1.83. The van der Waals surface area contributed by atoms with E-state index < -0.39 is 0 Å². The van der Waals surface area contributed by atoms with Gasteiger partial charge < -0.3 is 10.1 Å². The molecule has 3 heteroatoms. The molecule has 1 N–H and O–H groups in total. The predicted molar refractivity (Wildman–Crippen MR) is 81.8 cm³/mol. The zero-order valence-electron chi connectivity index (χ0n) is 10.7. The Hall–Kier alpha value is -1.87. The van der Waals surface area contributed by atoms with E-state index in [1.54, 1.807) is 7.11 Å². The van der Waals surface area contributed by atoms with Crippen molar-refractivity contribution < 1.29 is 4.74 Å². The van der Waals surface area contributed by atoms with E-state index in [1.807, 2.05) is 23.9 Å². The Morgan fingerprint density at radius 1 is 1.11 bits per heavy atom. The Bertz CT molecular complexity index is 604. The van der Waals surface area contributed by atoms with E-state index in [9.17, 15) is 0 Å². The third kappa shape index (κ3) is 2.76. The quantitative estimate of drug-likeness (QED) is 0.880. The van der Waals surface area contributed by atoms with Crippen molar-refractivity contribution in [2.45, 2.75) is 4.90 Å². The standard InChI is InChI=1S/C16H15NOS/c1-18-13-8-6-12(7-9-13)10-14-11-17-15-4-2-3-5-16(15)19-14/h2-10,17H,11H2,1H3/b14-10+. The van der Waals surface area contributed by atoms with Gasteiger partial charge in [0.05, 0.1) is 7.11 Å². The van der Waals surface area contributed by atoms with E-state index in [4.69, 9.17) is 4.74 Å². The zero-order chi connectivity index (χ0) is 13.1. The van der Waals surface area contributed by atoms with Gasteiger partial charge in [-0.15, -0.1) is 0 Å². The summed E-state index contributed by atoms with van der Waals surface area (Å²) in [5.74, 6) is 0.891. The van der Waals surface area contributed by atoms with Crippen LogP contribution in [0.1, 0.15) is 5.56 Å². The van der Waals surface area contributed by atoms with Crippen LogP contribution in [0.2, 0.25) is 0 Å². The van der Waals surface area contributed by atoms with Gasteiger partial charge in [-0.05, 0) is 35.9 Å². The molecule has 2 nitrogen and oxygen atoms in total. The van der Waals surface area contributed by atoms with Crippen LogP contribution in [0.3, 0.4) is 0 Å². The second-order valence-electron chi connectivity index (χ2n) is 4.34. The van der Waals surface area contributed by atoms with Crippen LogP contribution in [0.15, 0.2) is 58.3 Å². The number of hydrogen-bond acceptors (Lipinski definition) is 3. The minimum absolute atomic E-state index is 0.883. The van der Waals surface area contributed by atoms with Gasteiger partial charge in [-0.1, -0.05) is 36.0 Å². The molecule has 0 radical (unpaired) electrons. The number of nitrogens with one attached hydrogen (secondary N) is 1.